The molecule has 3 rings (SSSR count). The fourth-order valence-corrected chi connectivity index (χ4v) is 2.06. The van der Waals surface area contributed by atoms with E-state index >= 15 is 0 Å². The number of fused-ring (bicyclic) bond motifs is 1. The highest BCUT2D eigenvalue weighted by molar-refractivity contribution is 5.82. The third-order valence-corrected chi connectivity index (χ3v) is 3.10. The first-order chi connectivity index (χ1) is 7.10. The van der Waals surface area contributed by atoms with Gasteiger partial charge in [0.15, 0.2) is 0 Å². The zero-order valence-electron chi connectivity index (χ0n) is 8.47. The maximum Gasteiger partial charge on any atom is 0.138 e. The summed E-state index contributed by atoms with van der Waals surface area (Å²) in [6.45, 7) is 1.89. The molecule has 3 heteroatoms. The number of hydrogen-bond acceptors (Lipinski definition) is 1. The van der Waals surface area contributed by atoms with E-state index in [0.717, 1.165) is 11.2 Å². The predicted molar refractivity (Wildman–Crippen MR) is 56.1 cm³/mol. The van der Waals surface area contributed by atoms with E-state index in [1.54, 1.807) is 12.1 Å². The predicted octanol–water partition coefficient (Wildman–Crippen LogP) is 2.60. The molecule has 0 unspecified atom stereocenters. The maximum atomic E-state index is 14.0. The van der Waals surface area contributed by atoms with Crippen molar-refractivity contribution in [3.05, 3.63) is 35.3 Å². The lowest BCUT2D eigenvalue weighted by Crippen LogP contribution is -2.07. The van der Waals surface area contributed by atoms with Crippen molar-refractivity contribution < 1.29 is 9.50 Å². The minimum absolute atomic E-state index is 0.281. The topological polar surface area (TPSA) is 36.0 Å². The van der Waals surface area contributed by atoms with Crippen LogP contribution >= 0.6 is 0 Å². The molecule has 0 radical (unpaired) electrons. The van der Waals surface area contributed by atoms with Crippen LogP contribution in [0, 0.1) is 12.7 Å². The van der Waals surface area contributed by atoms with Crippen molar-refractivity contribution >= 4 is 10.9 Å². The summed E-state index contributed by atoms with van der Waals surface area (Å²) in [5.41, 5.74) is 1.26. The minimum Gasteiger partial charge on any atom is -0.385 e. The number of H-pyrrole nitrogens is 1. The van der Waals surface area contributed by atoms with Crippen LogP contribution in [0.4, 0.5) is 4.39 Å². The van der Waals surface area contributed by atoms with Gasteiger partial charge in [0.2, 0.25) is 0 Å². The molecule has 2 aromatic rings. The molecule has 0 atom stereocenters. The Hall–Kier alpha value is -1.35. The summed E-state index contributed by atoms with van der Waals surface area (Å²) in [7, 11) is 0. The first-order valence-electron chi connectivity index (χ1n) is 5.11. The van der Waals surface area contributed by atoms with E-state index in [-0.39, 0.29) is 5.82 Å². The number of benzene rings is 1. The second kappa shape index (κ2) is 2.61. The molecule has 1 heterocycles. The number of halogens is 1. The summed E-state index contributed by atoms with van der Waals surface area (Å²) in [5, 5.41) is 10.5. The third-order valence-electron chi connectivity index (χ3n) is 3.10. The molecule has 1 aromatic heterocycles. The number of aromatic amines is 1. The molecule has 1 fully saturated rings. The number of hydrogen-bond donors (Lipinski definition) is 2. The van der Waals surface area contributed by atoms with Gasteiger partial charge in [-0.25, -0.2) is 4.39 Å². The first-order valence-corrected chi connectivity index (χ1v) is 5.11. The van der Waals surface area contributed by atoms with Crippen LogP contribution < -0.4 is 0 Å². The normalized spacial score (nSPS) is 18.3. The molecule has 78 valence electrons. The Balaban J connectivity index is 2.29. The van der Waals surface area contributed by atoms with Gasteiger partial charge in [-0.2, -0.15) is 0 Å². The van der Waals surface area contributed by atoms with E-state index in [1.807, 2.05) is 13.0 Å². The molecule has 1 saturated carbocycles. The van der Waals surface area contributed by atoms with Crippen molar-refractivity contribution in [1.29, 1.82) is 0 Å². The fraction of sp³-hybridized carbons (Fsp3) is 0.333. The molecule has 2 N–H and O–H groups in total. The van der Waals surface area contributed by atoms with E-state index in [4.69, 9.17) is 0 Å². The average Bonchev–Trinajstić information content (AvgIpc) is 2.78. The Bertz CT molecular complexity index is 540. The number of aryl methyl sites for hydroxylation is 1. The average molecular weight is 205 g/mol. The summed E-state index contributed by atoms with van der Waals surface area (Å²) in [6, 6.07) is 5.29. The summed E-state index contributed by atoms with van der Waals surface area (Å²) in [6.07, 6.45) is 1.33. The van der Waals surface area contributed by atoms with Crippen molar-refractivity contribution in [3.8, 4) is 0 Å². The van der Waals surface area contributed by atoms with Gasteiger partial charge in [-0.05, 0) is 31.9 Å². The van der Waals surface area contributed by atoms with Gasteiger partial charge in [-0.3, -0.25) is 0 Å². The summed E-state index contributed by atoms with van der Waals surface area (Å²) in [5.74, 6) is -0.281. The molecule has 0 bridgehead atoms. The molecule has 0 amide bonds. The van der Waals surface area contributed by atoms with Crippen LogP contribution in [-0.4, -0.2) is 10.1 Å². The monoisotopic (exact) mass is 205 g/mol. The zero-order valence-corrected chi connectivity index (χ0v) is 8.47. The van der Waals surface area contributed by atoms with Gasteiger partial charge >= 0.3 is 0 Å². The lowest BCUT2D eigenvalue weighted by atomic mass is 10.0. The summed E-state index contributed by atoms with van der Waals surface area (Å²) >= 11 is 0. The van der Waals surface area contributed by atoms with Crippen molar-refractivity contribution in [2.75, 3.05) is 0 Å². The number of nitrogens with one attached hydrogen (secondary N) is 1. The van der Waals surface area contributed by atoms with Crippen LogP contribution in [0.25, 0.3) is 10.9 Å². The zero-order chi connectivity index (χ0) is 10.6. The van der Waals surface area contributed by atoms with Gasteiger partial charge in [0.1, 0.15) is 5.82 Å². The van der Waals surface area contributed by atoms with Gasteiger partial charge in [-0.15, -0.1) is 0 Å². The summed E-state index contributed by atoms with van der Waals surface area (Å²) in [4.78, 5) is 3.08. The van der Waals surface area contributed by atoms with Crippen molar-refractivity contribution in [1.82, 2.24) is 4.98 Å². The highest BCUT2D eigenvalue weighted by Gasteiger charge is 2.44. The third kappa shape index (κ3) is 1.20. The molecule has 15 heavy (non-hydrogen) atoms. The molecule has 1 aliphatic rings. The smallest absolute Gasteiger partial charge is 0.138 e. The molecular weight excluding hydrogens is 193 g/mol. The second-order valence-electron chi connectivity index (χ2n) is 4.37. The molecule has 0 aliphatic heterocycles. The van der Waals surface area contributed by atoms with Gasteiger partial charge < -0.3 is 10.1 Å². The molecule has 0 spiro atoms. The number of rotatable bonds is 1. The van der Waals surface area contributed by atoms with Gasteiger partial charge in [0.05, 0.1) is 5.60 Å². The Kier molecular flexibility index (Phi) is 1.55. The second-order valence-corrected chi connectivity index (χ2v) is 4.37. The van der Waals surface area contributed by atoms with E-state index in [1.165, 1.54) is 0 Å². The molecule has 1 aliphatic carbocycles. The van der Waals surface area contributed by atoms with Crippen LogP contribution in [0.15, 0.2) is 18.2 Å². The van der Waals surface area contributed by atoms with Crippen molar-refractivity contribution in [2.24, 2.45) is 0 Å². The fourth-order valence-electron chi connectivity index (χ4n) is 2.06. The lowest BCUT2D eigenvalue weighted by Gasteiger charge is -2.09. The first kappa shape index (κ1) is 8.92. The molecular formula is C12H12FNO. The lowest BCUT2D eigenvalue weighted by molar-refractivity contribution is 0.147. The molecule has 2 nitrogen and oxygen atoms in total. The standard InChI is InChI=1S/C12H12FNO/c1-7-6-8-10(14-7)3-2-9(11(8)13)12(15)4-5-12/h2-3,6,14-15H,4-5H2,1H3. The van der Waals surface area contributed by atoms with Gasteiger partial charge in [0.25, 0.3) is 0 Å². The number of aromatic nitrogens is 1. The quantitative estimate of drug-likeness (QED) is 0.737. The van der Waals surface area contributed by atoms with E-state index in [0.29, 0.717) is 23.8 Å². The van der Waals surface area contributed by atoms with Crippen molar-refractivity contribution in [3.63, 3.8) is 0 Å². The van der Waals surface area contributed by atoms with E-state index in [2.05, 4.69) is 4.98 Å². The Morgan fingerprint density at radius 2 is 2.13 bits per heavy atom. The minimum atomic E-state index is -0.899. The largest absolute Gasteiger partial charge is 0.385 e. The van der Waals surface area contributed by atoms with E-state index in [9.17, 15) is 9.50 Å². The Morgan fingerprint density at radius 3 is 2.80 bits per heavy atom. The van der Waals surface area contributed by atoms with E-state index < -0.39 is 5.60 Å². The molecule has 1 aromatic carbocycles. The summed E-state index contributed by atoms with van der Waals surface area (Å²) < 4.78 is 14.0. The van der Waals surface area contributed by atoms with Crippen LogP contribution in [0.5, 0.6) is 0 Å². The Labute approximate surface area is 86.7 Å². The highest BCUT2D eigenvalue weighted by Crippen LogP contribution is 2.47. The van der Waals surface area contributed by atoms with Crippen LogP contribution in [0.1, 0.15) is 24.1 Å². The maximum absolute atomic E-state index is 14.0. The van der Waals surface area contributed by atoms with Crippen molar-refractivity contribution in [2.45, 2.75) is 25.4 Å². The SMILES string of the molecule is Cc1cc2c(F)c(C3(O)CC3)ccc2[nH]1. The van der Waals surface area contributed by atoms with Crippen LogP contribution in [0.2, 0.25) is 0 Å². The van der Waals surface area contributed by atoms with Gasteiger partial charge in [0, 0.05) is 22.2 Å². The highest BCUT2D eigenvalue weighted by atomic mass is 19.1. The van der Waals surface area contributed by atoms with Crippen LogP contribution in [0.3, 0.4) is 0 Å². The number of aliphatic hydroxyl groups is 1. The Morgan fingerprint density at radius 1 is 1.40 bits per heavy atom. The van der Waals surface area contributed by atoms with Gasteiger partial charge in [-0.1, -0.05) is 6.07 Å². The van der Waals surface area contributed by atoms with Crippen LogP contribution in [-0.2, 0) is 5.60 Å². The molecule has 0 saturated heterocycles.